The van der Waals surface area contributed by atoms with Crippen LogP contribution in [0.4, 0.5) is 4.79 Å². The smallest absolute Gasteiger partial charge is 0.408 e. The lowest BCUT2D eigenvalue weighted by molar-refractivity contribution is -0.147. The standard InChI is InChI=1S/C25H39N3O4S/c1-15(2)26-22(29)21(18-12-11-16(3)17(4)13-18)28(19-9-8-10-19)23(30)20(14-33)27-24(31)32-25(5,6)7/h11-13,15,19-21,33H,8-10,14H2,1-7H3,(H,26,29)(H,27,31). The quantitative estimate of drug-likeness (QED) is 0.493. The second-order valence-electron chi connectivity index (χ2n) is 10.1. The predicted octanol–water partition coefficient (Wildman–Crippen LogP) is 4.07. The summed E-state index contributed by atoms with van der Waals surface area (Å²) in [5.41, 5.74) is 2.23. The Balaban J connectivity index is 2.44. The van der Waals surface area contributed by atoms with Gasteiger partial charge in [0.1, 0.15) is 17.7 Å². The van der Waals surface area contributed by atoms with Crippen molar-refractivity contribution in [3.63, 3.8) is 0 Å². The first kappa shape index (κ1) is 27.0. The molecule has 7 nitrogen and oxygen atoms in total. The van der Waals surface area contributed by atoms with E-state index in [0.717, 1.165) is 36.0 Å². The molecular formula is C25H39N3O4S. The molecule has 1 fully saturated rings. The van der Waals surface area contributed by atoms with Crippen molar-refractivity contribution < 1.29 is 19.1 Å². The molecule has 0 saturated heterocycles. The molecule has 184 valence electrons. The van der Waals surface area contributed by atoms with Crippen molar-refractivity contribution in [1.82, 2.24) is 15.5 Å². The molecule has 0 aromatic heterocycles. The van der Waals surface area contributed by atoms with Gasteiger partial charge in [-0.3, -0.25) is 9.59 Å². The van der Waals surface area contributed by atoms with Crippen molar-refractivity contribution in [2.45, 2.75) is 97.5 Å². The first-order chi connectivity index (χ1) is 15.3. The Hall–Kier alpha value is -2.22. The molecular weight excluding hydrogens is 438 g/mol. The van der Waals surface area contributed by atoms with Crippen LogP contribution < -0.4 is 10.6 Å². The average molecular weight is 478 g/mol. The summed E-state index contributed by atoms with van der Waals surface area (Å²) < 4.78 is 5.34. The number of rotatable bonds is 8. The zero-order valence-corrected chi connectivity index (χ0v) is 21.8. The summed E-state index contributed by atoms with van der Waals surface area (Å²) in [6, 6.07) is 3.98. The van der Waals surface area contributed by atoms with E-state index >= 15 is 0 Å². The highest BCUT2D eigenvalue weighted by Crippen LogP contribution is 2.34. The fraction of sp³-hybridized carbons (Fsp3) is 0.640. The number of carbonyl (C=O) groups is 3. The fourth-order valence-corrected chi connectivity index (χ4v) is 3.98. The number of ether oxygens (including phenoxy) is 1. The van der Waals surface area contributed by atoms with Crippen molar-refractivity contribution in [3.8, 4) is 0 Å². The van der Waals surface area contributed by atoms with Gasteiger partial charge >= 0.3 is 6.09 Å². The molecule has 2 unspecified atom stereocenters. The zero-order chi connectivity index (χ0) is 24.9. The lowest BCUT2D eigenvalue weighted by atomic mass is 9.87. The summed E-state index contributed by atoms with van der Waals surface area (Å²) >= 11 is 4.33. The van der Waals surface area contributed by atoms with Gasteiger partial charge in [-0.05, 0) is 84.4 Å². The molecule has 0 radical (unpaired) electrons. The number of hydrogen-bond donors (Lipinski definition) is 3. The third-order valence-corrected chi connectivity index (χ3v) is 6.06. The minimum Gasteiger partial charge on any atom is -0.444 e. The number of nitrogens with one attached hydrogen (secondary N) is 2. The highest BCUT2D eigenvalue weighted by molar-refractivity contribution is 7.80. The van der Waals surface area contributed by atoms with E-state index in [2.05, 4.69) is 23.3 Å². The first-order valence-corrected chi connectivity index (χ1v) is 12.3. The lowest BCUT2D eigenvalue weighted by Gasteiger charge is -2.43. The van der Waals surface area contributed by atoms with Crippen LogP contribution in [-0.4, -0.2) is 52.3 Å². The average Bonchev–Trinajstić information content (AvgIpc) is 2.64. The Morgan fingerprint density at radius 3 is 2.21 bits per heavy atom. The minimum absolute atomic E-state index is 0.0783. The van der Waals surface area contributed by atoms with E-state index < -0.39 is 23.8 Å². The minimum atomic E-state index is -0.912. The number of aryl methyl sites for hydroxylation is 2. The molecule has 2 atom stereocenters. The number of amides is 3. The van der Waals surface area contributed by atoms with Gasteiger partial charge in [0.2, 0.25) is 11.8 Å². The van der Waals surface area contributed by atoms with Gasteiger partial charge in [0.25, 0.3) is 0 Å². The number of nitrogens with zero attached hydrogens (tertiary/aromatic N) is 1. The molecule has 1 aliphatic rings. The summed E-state index contributed by atoms with van der Waals surface area (Å²) in [6.45, 7) is 13.1. The first-order valence-electron chi connectivity index (χ1n) is 11.6. The van der Waals surface area contributed by atoms with Crippen molar-refractivity contribution in [3.05, 3.63) is 34.9 Å². The third kappa shape index (κ3) is 7.39. The van der Waals surface area contributed by atoms with E-state index in [0.29, 0.717) is 0 Å². The molecule has 2 rings (SSSR count). The van der Waals surface area contributed by atoms with E-state index in [1.165, 1.54) is 0 Å². The van der Waals surface area contributed by atoms with E-state index in [1.807, 2.05) is 45.9 Å². The van der Waals surface area contributed by atoms with Crippen LogP contribution in [0.5, 0.6) is 0 Å². The van der Waals surface area contributed by atoms with Gasteiger partial charge in [-0.15, -0.1) is 0 Å². The maximum atomic E-state index is 13.8. The van der Waals surface area contributed by atoms with E-state index in [9.17, 15) is 14.4 Å². The molecule has 8 heteroatoms. The van der Waals surface area contributed by atoms with Gasteiger partial charge in [0, 0.05) is 17.8 Å². The molecule has 1 aromatic rings. The van der Waals surface area contributed by atoms with Crippen LogP contribution in [0, 0.1) is 13.8 Å². The molecule has 3 amide bonds. The zero-order valence-electron chi connectivity index (χ0n) is 20.9. The number of alkyl carbamates (subject to hydrolysis) is 1. The van der Waals surface area contributed by atoms with Crippen LogP contribution >= 0.6 is 12.6 Å². The van der Waals surface area contributed by atoms with Crippen LogP contribution in [0.1, 0.15) is 76.6 Å². The molecule has 2 N–H and O–H groups in total. The Labute approximate surface area is 203 Å². The van der Waals surface area contributed by atoms with Gasteiger partial charge in [0.05, 0.1) is 0 Å². The fourth-order valence-electron chi connectivity index (χ4n) is 3.73. The third-order valence-electron chi connectivity index (χ3n) is 5.70. The molecule has 33 heavy (non-hydrogen) atoms. The highest BCUT2D eigenvalue weighted by Gasteiger charge is 2.41. The predicted molar refractivity (Wildman–Crippen MR) is 133 cm³/mol. The van der Waals surface area contributed by atoms with E-state index in [4.69, 9.17) is 4.74 Å². The van der Waals surface area contributed by atoms with Crippen LogP contribution in [0.15, 0.2) is 18.2 Å². The molecule has 1 saturated carbocycles. The summed E-state index contributed by atoms with van der Waals surface area (Å²) in [5, 5.41) is 5.63. The SMILES string of the molecule is Cc1ccc(C(C(=O)NC(C)C)N(C(=O)C(CS)NC(=O)OC(C)(C)C)C2CCC2)cc1C. The van der Waals surface area contributed by atoms with Gasteiger partial charge in [-0.1, -0.05) is 18.2 Å². The molecule has 0 bridgehead atoms. The van der Waals surface area contributed by atoms with Crippen molar-refractivity contribution >= 4 is 30.5 Å². The molecule has 0 aliphatic heterocycles. The summed E-state index contributed by atoms with van der Waals surface area (Å²) in [6.07, 6.45) is 1.93. The monoisotopic (exact) mass is 477 g/mol. The van der Waals surface area contributed by atoms with E-state index in [-0.39, 0.29) is 29.7 Å². The Bertz CT molecular complexity index is 862. The summed E-state index contributed by atoms with van der Waals surface area (Å²) in [4.78, 5) is 41.3. The Kier molecular flexibility index (Phi) is 9.23. The maximum absolute atomic E-state index is 13.8. The second kappa shape index (κ2) is 11.3. The number of carbonyl (C=O) groups excluding carboxylic acids is 3. The topological polar surface area (TPSA) is 87.7 Å². The highest BCUT2D eigenvalue weighted by atomic mass is 32.1. The van der Waals surface area contributed by atoms with Gasteiger partial charge in [-0.2, -0.15) is 12.6 Å². The maximum Gasteiger partial charge on any atom is 0.408 e. The molecule has 0 heterocycles. The Morgan fingerprint density at radius 2 is 1.76 bits per heavy atom. The van der Waals surface area contributed by atoms with Crippen molar-refractivity contribution in [2.24, 2.45) is 0 Å². The molecule has 1 aromatic carbocycles. The van der Waals surface area contributed by atoms with Crippen molar-refractivity contribution in [1.29, 1.82) is 0 Å². The lowest BCUT2D eigenvalue weighted by Crippen LogP contribution is -2.58. The summed E-state index contributed by atoms with van der Waals surface area (Å²) in [7, 11) is 0. The van der Waals surface area contributed by atoms with Gasteiger partial charge in [-0.25, -0.2) is 4.79 Å². The number of hydrogen-bond acceptors (Lipinski definition) is 5. The largest absolute Gasteiger partial charge is 0.444 e. The van der Waals surface area contributed by atoms with Crippen molar-refractivity contribution in [2.75, 3.05) is 5.75 Å². The number of thiol groups is 1. The number of benzene rings is 1. The van der Waals surface area contributed by atoms with Crippen LogP contribution in [-0.2, 0) is 14.3 Å². The molecule has 0 spiro atoms. The van der Waals surface area contributed by atoms with Crippen LogP contribution in [0.3, 0.4) is 0 Å². The van der Waals surface area contributed by atoms with Crippen LogP contribution in [0.25, 0.3) is 0 Å². The van der Waals surface area contributed by atoms with E-state index in [1.54, 1.807) is 25.7 Å². The Morgan fingerprint density at radius 1 is 1.12 bits per heavy atom. The summed E-state index contributed by atoms with van der Waals surface area (Å²) in [5.74, 6) is -0.474. The second-order valence-corrected chi connectivity index (χ2v) is 10.5. The van der Waals surface area contributed by atoms with Crippen LogP contribution in [0.2, 0.25) is 0 Å². The van der Waals surface area contributed by atoms with Gasteiger partial charge in [0.15, 0.2) is 0 Å². The normalized spacial score (nSPS) is 15.9. The molecule has 1 aliphatic carbocycles. The van der Waals surface area contributed by atoms with Gasteiger partial charge < -0.3 is 20.3 Å².